The summed E-state index contributed by atoms with van der Waals surface area (Å²) in [5.41, 5.74) is 5.67. The Kier molecular flexibility index (Phi) is 7.00. The van der Waals surface area contributed by atoms with Crippen LogP contribution in [0.4, 0.5) is 11.9 Å². The zero-order valence-electron chi connectivity index (χ0n) is 12.7. The number of nitrogens with one attached hydrogen (secondary N) is 1. The molecule has 7 nitrogen and oxygen atoms in total. The third-order valence-corrected chi connectivity index (χ3v) is 2.69. The summed E-state index contributed by atoms with van der Waals surface area (Å²) in [6, 6.07) is 0.358. The van der Waals surface area contributed by atoms with Gasteiger partial charge in [-0.3, -0.25) is 0 Å². The van der Waals surface area contributed by atoms with Gasteiger partial charge in [-0.2, -0.15) is 15.0 Å². The van der Waals surface area contributed by atoms with E-state index in [-0.39, 0.29) is 18.0 Å². The maximum absolute atomic E-state index is 5.67. The van der Waals surface area contributed by atoms with Gasteiger partial charge in [0.1, 0.15) is 0 Å². The van der Waals surface area contributed by atoms with Crippen molar-refractivity contribution >= 4 is 11.9 Å². The molecule has 7 heteroatoms. The van der Waals surface area contributed by atoms with Crippen LogP contribution in [-0.4, -0.2) is 40.8 Å². The van der Waals surface area contributed by atoms with Crippen LogP contribution in [0.25, 0.3) is 0 Å². The van der Waals surface area contributed by atoms with Crippen molar-refractivity contribution in [3.63, 3.8) is 0 Å². The SMILES string of the molecule is CCCOc1nc(N)nc(NC(COCC)C(C)C)n1. The molecule has 0 aliphatic carbocycles. The highest BCUT2D eigenvalue weighted by Crippen LogP contribution is 2.13. The Hall–Kier alpha value is -1.63. The molecule has 0 radical (unpaired) electrons. The third-order valence-electron chi connectivity index (χ3n) is 2.69. The molecule has 1 unspecified atom stereocenters. The topological polar surface area (TPSA) is 95.2 Å². The van der Waals surface area contributed by atoms with Gasteiger partial charge in [0.15, 0.2) is 0 Å². The Morgan fingerprint density at radius 1 is 1.20 bits per heavy atom. The number of rotatable bonds is 9. The van der Waals surface area contributed by atoms with E-state index in [1.165, 1.54) is 0 Å². The van der Waals surface area contributed by atoms with E-state index in [1.54, 1.807) is 0 Å². The highest BCUT2D eigenvalue weighted by atomic mass is 16.5. The van der Waals surface area contributed by atoms with Gasteiger partial charge in [0.05, 0.1) is 19.3 Å². The maximum Gasteiger partial charge on any atom is 0.323 e. The Balaban J connectivity index is 2.75. The largest absolute Gasteiger partial charge is 0.463 e. The van der Waals surface area contributed by atoms with Gasteiger partial charge in [0, 0.05) is 6.61 Å². The molecule has 0 fully saturated rings. The predicted molar refractivity (Wildman–Crippen MR) is 78.8 cm³/mol. The summed E-state index contributed by atoms with van der Waals surface area (Å²) in [6.07, 6.45) is 0.882. The molecule has 0 spiro atoms. The van der Waals surface area contributed by atoms with Gasteiger partial charge in [-0.05, 0) is 19.3 Å². The maximum atomic E-state index is 5.67. The number of aromatic nitrogens is 3. The van der Waals surface area contributed by atoms with Gasteiger partial charge in [-0.1, -0.05) is 20.8 Å². The lowest BCUT2D eigenvalue weighted by Crippen LogP contribution is -2.32. The van der Waals surface area contributed by atoms with Crippen molar-refractivity contribution in [1.29, 1.82) is 0 Å². The van der Waals surface area contributed by atoms with Crippen molar-refractivity contribution in [2.45, 2.75) is 40.2 Å². The second kappa shape index (κ2) is 8.52. The number of ether oxygens (including phenoxy) is 2. The zero-order chi connectivity index (χ0) is 15.0. The summed E-state index contributed by atoms with van der Waals surface area (Å²) in [5, 5.41) is 3.22. The van der Waals surface area contributed by atoms with Gasteiger partial charge in [0.25, 0.3) is 0 Å². The standard InChI is InChI=1S/C13H25N5O2/c1-5-7-20-13-17-11(14)16-12(18-13)15-10(9(3)4)8-19-6-2/h9-10H,5-8H2,1-4H3,(H3,14,15,16,17,18). The fourth-order valence-electron chi connectivity index (χ4n) is 1.51. The molecule has 0 aliphatic heterocycles. The molecular formula is C13H25N5O2. The summed E-state index contributed by atoms with van der Waals surface area (Å²) in [7, 11) is 0. The lowest BCUT2D eigenvalue weighted by Gasteiger charge is -2.22. The van der Waals surface area contributed by atoms with Gasteiger partial charge in [-0.15, -0.1) is 0 Å². The van der Waals surface area contributed by atoms with E-state index in [0.717, 1.165) is 6.42 Å². The summed E-state index contributed by atoms with van der Waals surface area (Å²) in [4.78, 5) is 12.2. The molecule has 1 rings (SSSR count). The van der Waals surface area contributed by atoms with E-state index in [4.69, 9.17) is 15.2 Å². The lowest BCUT2D eigenvalue weighted by atomic mass is 10.1. The van der Waals surface area contributed by atoms with Crippen LogP contribution in [-0.2, 0) is 4.74 Å². The Labute approximate surface area is 120 Å². The van der Waals surface area contributed by atoms with Crippen molar-refractivity contribution < 1.29 is 9.47 Å². The monoisotopic (exact) mass is 283 g/mol. The minimum Gasteiger partial charge on any atom is -0.463 e. The van der Waals surface area contributed by atoms with E-state index in [0.29, 0.717) is 31.7 Å². The van der Waals surface area contributed by atoms with Crippen molar-refractivity contribution in [1.82, 2.24) is 15.0 Å². The number of anilines is 2. The molecule has 0 bridgehead atoms. The van der Waals surface area contributed by atoms with Crippen LogP contribution in [0.5, 0.6) is 6.01 Å². The van der Waals surface area contributed by atoms with E-state index < -0.39 is 0 Å². The molecule has 0 amide bonds. The van der Waals surface area contributed by atoms with E-state index in [1.807, 2.05) is 13.8 Å². The third kappa shape index (κ3) is 5.56. The van der Waals surface area contributed by atoms with Crippen LogP contribution >= 0.6 is 0 Å². The molecule has 0 saturated carbocycles. The molecule has 1 aromatic heterocycles. The molecule has 0 aliphatic rings. The summed E-state index contributed by atoms with van der Waals surface area (Å²) >= 11 is 0. The molecular weight excluding hydrogens is 258 g/mol. The normalized spacial score (nSPS) is 12.4. The zero-order valence-corrected chi connectivity index (χ0v) is 12.7. The first kappa shape index (κ1) is 16.4. The van der Waals surface area contributed by atoms with E-state index in [9.17, 15) is 0 Å². The number of hydrogen-bond donors (Lipinski definition) is 2. The molecule has 1 heterocycles. The highest BCUT2D eigenvalue weighted by Gasteiger charge is 2.16. The van der Waals surface area contributed by atoms with Crippen LogP contribution in [0.1, 0.15) is 34.1 Å². The molecule has 1 aromatic rings. The van der Waals surface area contributed by atoms with Crippen molar-refractivity contribution in [2.24, 2.45) is 5.92 Å². The smallest absolute Gasteiger partial charge is 0.323 e. The van der Waals surface area contributed by atoms with E-state index in [2.05, 4.69) is 34.1 Å². The minimum atomic E-state index is 0.107. The molecule has 20 heavy (non-hydrogen) atoms. The fraction of sp³-hybridized carbons (Fsp3) is 0.769. The number of nitrogens with two attached hydrogens (primary N) is 1. The number of hydrogen-bond acceptors (Lipinski definition) is 7. The van der Waals surface area contributed by atoms with Crippen LogP contribution in [0.15, 0.2) is 0 Å². The van der Waals surface area contributed by atoms with Crippen LogP contribution in [0.2, 0.25) is 0 Å². The van der Waals surface area contributed by atoms with Crippen molar-refractivity contribution in [2.75, 3.05) is 30.9 Å². The van der Waals surface area contributed by atoms with Crippen LogP contribution < -0.4 is 15.8 Å². The molecule has 3 N–H and O–H groups in total. The first-order chi connectivity index (χ1) is 9.56. The quantitative estimate of drug-likeness (QED) is 0.712. The first-order valence-electron chi connectivity index (χ1n) is 7.05. The van der Waals surface area contributed by atoms with E-state index >= 15 is 0 Å². The lowest BCUT2D eigenvalue weighted by molar-refractivity contribution is 0.126. The average molecular weight is 283 g/mol. The fourth-order valence-corrected chi connectivity index (χ4v) is 1.51. The van der Waals surface area contributed by atoms with Crippen LogP contribution in [0, 0.1) is 5.92 Å². The van der Waals surface area contributed by atoms with Gasteiger partial charge in [-0.25, -0.2) is 0 Å². The van der Waals surface area contributed by atoms with Crippen LogP contribution in [0.3, 0.4) is 0 Å². The van der Waals surface area contributed by atoms with Crippen molar-refractivity contribution in [3.8, 4) is 6.01 Å². The summed E-state index contributed by atoms with van der Waals surface area (Å²) < 4.78 is 10.8. The molecule has 0 aromatic carbocycles. The second-order valence-electron chi connectivity index (χ2n) is 4.80. The Morgan fingerprint density at radius 2 is 1.95 bits per heavy atom. The number of nitrogens with zero attached hydrogens (tertiary/aromatic N) is 3. The molecule has 0 saturated heterocycles. The Morgan fingerprint density at radius 3 is 2.55 bits per heavy atom. The molecule has 1 atom stereocenters. The average Bonchev–Trinajstić information content (AvgIpc) is 2.40. The Bertz CT molecular complexity index is 400. The minimum absolute atomic E-state index is 0.107. The first-order valence-corrected chi connectivity index (χ1v) is 7.05. The van der Waals surface area contributed by atoms with Gasteiger partial charge in [0.2, 0.25) is 11.9 Å². The number of nitrogen functional groups attached to an aromatic ring is 1. The highest BCUT2D eigenvalue weighted by molar-refractivity contribution is 5.33. The van der Waals surface area contributed by atoms with Gasteiger partial charge >= 0.3 is 6.01 Å². The second-order valence-corrected chi connectivity index (χ2v) is 4.80. The predicted octanol–water partition coefficient (Wildman–Crippen LogP) is 1.72. The molecule has 114 valence electrons. The summed E-state index contributed by atoms with van der Waals surface area (Å²) in [5.74, 6) is 0.939. The summed E-state index contributed by atoms with van der Waals surface area (Å²) in [6.45, 7) is 10.0. The van der Waals surface area contributed by atoms with Crippen molar-refractivity contribution in [3.05, 3.63) is 0 Å². The van der Waals surface area contributed by atoms with Gasteiger partial charge < -0.3 is 20.5 Å².